The van der Waals surface area contributed by atoms with Gasteiger partial charge in [0, 0.05) is 31.5 Å². The standard InChI is InChI=1S/C18H19ClN2O2/c19-16-7-6-14(17-5-1-2-8-20-17)10-15(16)18(23)21-9-3-4-13(11-21)12-22/h1-2,5-8,10,13,22H,3-4,9,11-12H2. The highest BCUT2D eigenvalue weighted by Gasteiger charge is 2.25. The zero-order valence-electron chi connectivity index (χ0n) is 12.8. The summed E-state index contributed by atoms with van der Waals surface area (Å²) >= 11 is 6.25. The third-order valence-corrected chi connectivity index (χ3v) is 4.55. The number of hydrogen-bond donors (Lipinski definition) is 1. The number of halogens is 1. The first kappa shape index (κ1) is 16.0. The van der Waals surface area contributed by atoms with Gasteiger partial charge >= 0.3 is 0 Å². The number of aliphatic hydroxyl groups is 1. The van der Waals surface area contributed by atoms with Crippen LogP contribution in [0.15, 0.2) is 42.6 Å². The van der Waals surface area contributed by atoms with Crippen LogP contribution in [0.5, 0.6) is 0 Å². The molecule has 0 bridgehead atoms. The molecule has 120 valence electrons. The van der Waals surface area contributed by atoms with Crippen LogP contribution in [0.4, 0.5) is 0 Å². The minimum Gasteiger partial charge on any atom is -0.396 e. The topological polar surface area (TPSA) is 53.4 Å². The van der Waals surface area contributed by atoms with Gasteiger partial charge in [-0.05, 0) is 43.0 Å². The van der Waals surface area contributed by atoms with E-state index >= 15 is 0 Å². The summed E-state index contributed by atoms with van der Waals surface area (Å²) in [5.41, 5.74) is 2.17. The zero-order valence-corrected chi connectivity index (χ0v) is 13.5. The van der Waals surface area contributed by atoms with Gasteiger partial charge in [-0.1, -0.05) is 23.7 Å². The van der Waals surface area contributed by atoms with Crippen LogP contribution in [-0.4, -0.2) is 40.6 Å². The summed E-state index contributed by atoms with van der Waals surface area (Å²) < 4.78 is 0. The van der Waals surface area contributed by atoms with Crippen molar-refractivity contribution in [3.05, 3.63) is 53.2 Å². The first-order valence-electron chi connectivity index (χ1n) is 7.80. The van der Waals surface area contributed by atoms with E-state index in [9.17, 15) is 9.90 Å². The summed E-state index contributed by atoms with van der Waals surface area (Å²) in [5, 5.41) is 9.78. The summed E-state index contributed by atoms with van der Waals surface area (Å²) in [6, 6.07) is 11.1. The van der Waals surface area contributed by atoms with E-state index < -0.39 is 0 Å². The molecule has 0 spiro atoms. The normalized spacial score (nSPS) is 18.0. The highest BCUT2D eigenvalue weighted by Crippen LogP contribution is 2.26. The number of aromatic nitrogens is 1. The lowest BCUT2D eigenvalue weighted by molar-refractivity contribution is 0.0621. The number of likely N-dealkylation sites (tertiary alicyclic amines) is 1. The second kappa shape index (κ2) is 7.11. The number of nitrogens with zero attached hydrogens (tertiary/aromatic N) is 2. The molecular formula is C18H19ClN2O2. The molecule has 1 aliphatic rings. The van der Waals surface area contributed by atoms with Gasteiger partial charge in [0.1, 0.15) is 0 Å². The zero-order chi connectivity index (χ0) is 16.2. The molecule has 1 aliphatic heterocycles. The van der Waals surface area contributed by atoms with Gasteiger partial charge in [-0.15, -0.1) is 0 Å². The molecule has 1 unspecified atom stereocenters. The van der Waals surface area contributed by atoms with Crippen LogP contribution in [0, 0.1) is 5.92 Å². The Labute approximate surface area is 140 Å². The molecular weight excluding hydrogens is 312 g/mol. The SMILES string of the molecule is O=C(c1cc(-c2ccccn2)ccc1Cl)N1CCCC(CO)C1. The van der Waals surface area contributed by atoms with Crippen molar-refractivity contribution in [1.82, 2.24) is 9.88 Å². The Morgan fingerprint density at radius 3 is 2.96 bits per heavy atom. The largest absolute Gasteiger partial charge is 0.396 e. The molecule has 1 fully saturated rings. The minimum atomic E-state index is -0.0778. The molecule has 1 amide bonds. The van der Waals surface area contributed by atoms with Crippen molar-refractivity contribution in [2.45, 2.75) is 12.8 Å². The fourth-order valence-corrected chi connectivity index (χ4v) is 3.15. The van der Waals surface area contributed by atoms with E-state index in [1.54, 1.807) is 23.2 Å². The first-order chi connectivity index (χ1) is 11.2. The third kappa shape index (κ3) is 3.54. The number of benzene rings is 1. The molecule has 5 heteroatoms. The van der Waals surface area contributed by atoms with E-state index in [1.807, 2.05) is 24.3 Å². The average molecular weight is 331 g/mol. The maximum atomic E-state index is 12.8. The number of rotatable bonds is 3. The quantitative estimate of drug-likeness (QED) is 0.940. The molecule has 1 N–H and O–H groups in total. The molecule has 1 atom stereocenters. The molecule has 1 aromatic heterocycles. The van der Waals surface area contributed by atoms with Crippen LogP contribution in [-0.2, 0) is 0 Å². The van der Waals surface area contributed by atoms with Gasteiger partial charge < -0.3 is 10.0 Å². The molecule has 0 radical (unpaired) electrons. The second-order valence-electron chi connectivity index (χ2n) is 5.85. The van der Waals surface area contributed by atoms with E-state index in [-0.39, 0.29) is 18.4 Å². The number of hydrogen-bond acceptors (Lipinski definition) is 3. The van der Waals surface area contributed by atoms with Crippen LogP contribution >= 0.6 is 11.6 Å². The Morgan fingerprint density at radius 1 is 1.35 bits per heavy atom. The number of amides is 1. The smallest absolute Gasteiger partial charge is 0.255 e. The molecule has 1 aromatic carbocycles. The molecule has 23 heavy (non-hydrogen) atoms. The van der Waals surface area contributed by atoms with Gasteiger partial charge in [0.05, 0.1) is 16.3 Å². The predicted molar refractivity (Wildman–Crippen MR) is 90.4 cm³/mol. The summed E-state index contributed by atoms with van der Waals surface area (Å²) in [6.07, 6.45) is 3.60. The van der Waals surface area contributed by atoms with Gasteiger partial charge in [0.25, 0.3) is 5.91 Å². The number of carbonyl (C=O) groups is 1. The number of piperidine rings is 1. The molecule has 3 rings (SSSR count). The van der Waals surface area contributed by atoms with Crippen molar-refractivity contribution in [1.29, 1.82) is 0 Å². The van der Waals surface area contributed by atoms with E-state index in [2.05, 4.69) is 4.98 Å². The molecule has 2 heterocycles. The first-order valence-corrected chi connectivity index (χ1v) is 8.18. The Bertz CT molecular complexity index is 691. The van der Waals surface area contributed by atoms with Gasteiger partial charge in [0.2, 0.25) is 0 Å². The second-order valence-corrected chi connectivity index (χ2v) is 6.26. The van der Waals surface area contributed by atoms with Crippen LogP contribution in [0.1, 0.15) is 23.2 Å². The summed E-state index contributed by atoms with van der Waals surface area (Å²) in [4.78, 5) is 18.9. The van der Waals surface area contributed by atoms with Gasteiger partial charge in [-0.3, -0.25) is 9.78 Å². The van der Waals surface area contributed by atoms with Crippen LogP contribution in [0.25, 0.3) is 11.3 Å². The van der Waals surface area contributed by atoms with Gasteiger partial charge in [0.15, 0.2) is 0 Å². The summed E-state index contributed by atoms with van der Waals surface area (Å²) in [5.74, 6) is 0.0800. The Hall–Kier alpha value is -1.91. The van der Waals surface area contributed by atoms with E-state index in [0.717, 1.165) is 24.1 Å². The van der Waals surface area contributed by atoms with E-state index in [4.69, 9.17) is 11.6 Å². The lowest BCUT2D eigenvalue weighted by atomic mass is 9.98. The molecule has 2 aromatic rings. The van der Waals surface area contributed by atoms with Crippen molar-refractivity contribution >= 4 is 17.5 Å². The molecule has 0 aliphatic carbocycles. The molecule has 4 nitrogen and oxygen atoms in total. The van der Waals surface area contributed by atoms with Crippen molar-refractivity contribution in [2.24, 2.45) is 5.92 Å². The number of carbonyl (C=O) groups excluding carboxylic acids is 1. The fourth-order valence-electron chi connectivity index (χ4n) is 2.95. The highest BCUT2D eigenvalue weighted by molar-refractivity contribution is 6.34. The Morgan fingerprint density at radius 2 is 2.22 bits per heavy atom. The third-order valence-electron chi connectivity index (χ3n) is 4.22. The number of aliphatic hydroxyl groups excluding tert-OH is 1. The van der Waals surface area contributed by atoms with Gasteiger partial charge in [-0.2, -0.15) is 0 Å². The molecule has 0 saturated carbocycles. The van der Waals surface area contributed by atoms with Crippen LogP contribution in [0.2, 0.25) is 5.02 Å². The lowest BCUT2D eigenvalue weighted by Crippen LogP contribution is -2.41. The van der Waals surface area contributed by atoms with Crippen molar-refractivity contribution in [3.8, 4) is 11.3 Å². The fraction of sp³-hybridized carbons (Fsp3) is 0.333. The Kier molecular flexibility index (Phi) is 4.94. The Balaban J connectivity index is 1.88. The highest BCUT2D eigenvalue weighted by atomic mass is 35.5. The maximum absolute atomic E-state index is 12.8. The van der Waals surface area contributed by atoms with Crippen molar-refractivity contribution < 1.29 is 9.90 Å². The van der Waals surface area contributed by atoms with Crippen molar-refractivity contribution in [2.75, 3.05) is 19.7 Å². The monoisotopic (exact) mass is 330 g/mol. The molecule has 1 saturated heterocycles. The maximum Gasteiger partial charge on any atom is 0.255 e. The summed E-state index contributed by atoms with van der Waals surface area (Å²) in [6.45, 7) is 1.41. The lowest BCUT2D eigenvalue weighted by Gasteiger charge is -2.32. The average Bonchev–Trinajstić information content (AvgIpc) is 2.62. The van der Waals surface area contributed by atoms with Crippen LogP contribution < -0.4 is 0 Å². The van der Waals surface area contributed by atoms with E-state index in [0.29, 0.717) is 23.7 Å². The van der Waals surface area contributed by atoms with Crippen molar-refractivity contribution in [3.63, 3.8) is 0 Å². The number of pyridine rings is 1. The minimum absolute atomic E-state index is 0.0778. The summed E-state index contributed by atoms with van der Waals surface area (Å²) in [7, 11) is 0. The van der Waals surface area contributed by atoms with E-state index in [1.165, 1.54) is 0 Å². The predicted octanol–water partition coefficient (Wildman–Crippen LogP) is 3.25. The van der Waals surface area contributed by atoms with Gasteiger partial charge in [-0.25, -0.2) is 0 Å². The van der Waals surface area contributed by atoms with Crippen LogP contribution in [0.3, 0.4) is 0 Å².